The maximum atomic E-state index is 14.9. The van der Waals surface area contributed by atoms with Crippen LogP contribution in [0.25, 0.3) is 0 Å². The quantitative estimate of drug-likeness (QED) is 0.678. The average molecular weight is 426 g/mol. The molecule has 0 amide bonds. The number of hydrogen-bond acceptors (Lipinski definition) is 5. The van der Waals surface area contributed by atoms with Crippen LogP contribution < -0.4 is 14.5 Å². The zero-order valence-corrected chi connectivity index (χ0v) is 18.5. The highest BCUT2D eigenvalue weighted by molar-refractivity contribution is 5.49. The van der Waals surface area contributed by atoms with Crippen LogP contribution in [0, 0.1) is 5.82 Å². The molecule has 0 aliphatic carbocycles. The van der Waals surface area contributed by atoms with Crippen LogP contribution in [-0.4, -0.2) is 53.5 Å². The van der Waals surface area contributed by atoms with Crippen molar-refractivity contribution in [1.29, 1.82) is 0 Å². The first-order chi connectivity index (χ1) is 14.9. The molecule has 0 bridgehead atoms. The predicted octanol–water partition coefficient (Wildman–Crippen LogP) is 2.07. The van der Waals surface area contributed by atoms with Gasteiger partial charge in [-0.3, -0.25) is 0 Å². The molecule has 0 radical (unpaired) electrons. The molecule has 1 aliphatic heterocycles. The minimum atomic E-state index is -0.299. The summed E-state index contributed by atoms with van der Waals surface area (Å²) in [4.78, 5) is 3.61. The van der Waals surface area contributed by atoms with Crippen LogP contribution in [0.3, 0.4) is 0 Å². The third kappa shape index (κ3) is 4.39. The molecule has 2 heterocycles. The maximum absolute atomic E-state index is 14.9. The Kier molecular flexibility index (Phi) is 5.91. The molecule has 7 nitrogen and oxygen atoms in total. The van der Waals surface area contributed by atoms with E-state index in [1.54, 1.807) is 13.2 Å². The maximum Gasteiger partial charge on any atom is 0.214 e. The first-order valence-electron chi connectivity index (χ1n) is 10.7. The molecule has 2 aromatic carbocycles. The zero-order valence-electron chi connectivity index (χ0n) is 18.5. The molecule has 31 heavy (non-hydrogen) atoms. The Morgan fingerprint density at radius 3 is 2.32 bits per heavy atom. The Bertz CT molecular complexity index is 1010. The molecule has 0 unspecified atom stereocenters. The fourth-order valence-corrected chi connectivity index (χ4v) is 4.24. The summed E-state index contributed by atoms with van der Waals surface area (Å²) in [6.45, 7) is 9.60. The smallest absolute Gasteiger partial charge is 0.214 e. The summed E-state index contributed by atoms with van der Waals surface area (Å²) in [5.74, 6) is 1.33. The van der Waals surface area contributed by atoms with Crippen molar-refractivity contribution < 1.29 is 14.0 Å². The van der Waals surface area contributed by atoms with Crippen molar-refractivity contribution in [3.8, 4) is 5.75 Å². The number of benzene rings is 2. The molecule has 1 atom stereocenters. The van der Waals surface area contributed by atoms with Crippen LogP contribution in [0.1, 0.15) is 38.2 Å². The molecule has 0 spiro atoms. The van der Waals surface area contributed by atoms with E-state index in [2.05, 4.69) is 53.3 Å². The van der Waals surface area contributed by atoms with E-state index in [9.17, 15) is 4.39 Å². The number of ether oxygens (including phenoxy) is 1. The van der Waals surface area contributed by atoms with Crippen LogP contribution in [0.4, 0.5) is 10.1 Å². The number of anilines is 1. The van der Waals surface area contributed by atoms with E-state index in [0.717, 1.165) is 31.9 Å². The number of methoxy groups -OCH3 is 1. The lowest BCUT2D eigenvalue weighted by Gasteiger charge is -2.37. The number of rotatable bonds is 5. The SMILES string of the molecule is COc1ccc(N2CC[NH+]([C@H](c3ccccc3F)c3nnnn3C(C)(C)C)CC2)cc1. The third-order valence-corrected chi connectivity index (χ3v) is 5.85. The van der Waals surface area contributed by atoms with Crippen molar-refractivity contribution in [3.63, 3.8) is 0 Å². The third-order valence-electron chi connectivity index (χ3n) is 5.85. The van der Waals surface area contributed by atoms with Crippen molar-refractivity contribution in [2.45, 2.75) is 32.4 Å². The number of piperazine rings is 1. The molecule has 4 rings (SSSR count). The molecule has 8 heteroatoms. The van der Waals surface area contributed by atoms with Gasteiger partial charge in [-0.1, -0.05) is 12.1 Å². The Morgan fingerprint density at radius 1 is 1.03 bits per heavy atom. The molecule has 164 valence electrons. The number of nitrogens with one attached hydrogen (secondary N) is 1. The lowest BCUT2D eigenvalue weighted by atomic mass is 10.0. The normalized spacial score (nSPS) is 16.4. The van der Waals surface area contributed by atoms with Crippen LogP contribution in [0.2, 0.25) is 0 Å². The summed E-state index contributed by atoms with van der Waals surface area (Å²) in [5.41, 5.74) is 1.50. The predicted molar refractivity (Wildman–Crippen MR) is 117 cm³/mol. The number of halogens is 1. The number of quaternary nitrogens is 1. The summed E-state index contributed by atoms with van der Waals surface area (Å²) in [7, 11) is 1.67. The minimum absolute atomic E-state index is 0.221. The van der Waals surface area contributed by atoms with Crippen molar-refractivity contribution >= 4 is 5.69 Å². The summed E-state index contributed by atoms with van der Waals surface area (Å²) >= 11 is 0. The number of hydrogen-bond donors (Lipinski definition) is 1. The van der Waals surface area contributed by atoms with Gasteiger partial charge in [-0.05, 0) is 67.6 Å². The van der Waals surface area contributed by atoms with E-state index < -0.39 is 0 Å². The summed E-state index contributed by atoms with van der Waals surface area (Å²) in [6, 6.07) is 14.8. The average Bonchev–Trinajstić information content (AvgIpc) is 3.26. The second-order valence-corrected chi connectivity index (χ2v) is 8.92. The first-order valence-corrected chi connectivity index (χ1v) is 10.7. The Labute approximate surface area is 182 Å². The molecule has 0 saturated carbocycles. The van der Waals surface area contributed by atoms with Gasteiger partial charge in [-0.2, -0.15) is 0 Å². The summed E-state index contributed by atoms with van der Waals surface area (Å²) < 4.78 is 22.0. The van der Waals surface area contributed by atoms with E-state index in [1.807, 2.05) is 28.9 Å². The van der Waals surface area contributed by atoms with Gasteiger partial charge in [0.25, 0.3) is 0 Å². The lowest BCUT2D eigenvalue weighted by Crippen LogP contribution is -3.15. The molecular weight excluding hydrogens is 395 g/mol. The molecule has 1 aliphatic rings. The van der Waals surface area contributed by atoms with E-state index in [4.69, 9.17) is 4.74 Å². The molecule has 3 aromatic rings. The van der Waals surface area contributed by atoms with Crippen molar-refractivity contribution in [2.75, 3.05) is 38.2 Å². The summed E-state index contributed by atoms with van der Waals surface area (Å²) in [6.07, 6.45) is 0. The Hall–Kier alpha value is -3.00. The molecular formula is C23H30FN6O+. The zero-order chi connectivity index (χ0) is 22.0. The molecule has 1 N–H and O–H groups in total. The lowest BCUT2D eigenvalue weighted by molar-refractivity contribution is -0.927. The van der Waals surface area contributed by atoms with Crippen molar-refractivity contribution in [1.82, 2.24) is 20.2 Å². The monoisotopic (exact) mass is 425 g/mol. The van der Waals surface area contributed by atoms with Crippen molar-refractivity contribution in [2.24, 2.45) is 0 Å². The van der Waals surface area contributed by atoms with Gasteiger partial charge in [0.05, 0.1) is 44.4 Å². The highest BCUT2D eigenvalue weighted by Gasteiger charge is 2.37. The van der Waals surface area contributed by atoms with E-state index in [1.165, 1.54) is 16.7 Å². The van der Waals surface area contributed by atoms with Gasteiger partial charge in [0.2, 0.25) is 5.82 Å². The van der Waals surface area contributed by atoms with Gasteiger partial charge < -0.3 is 14.5 Å². The highest BCUT2D eigenvalue weighted by atomic mass is 19.1. The standard InChI is InChI=1S/C23H29FN6O/c1-23(2,3)30-22(25-26-27-30)21(19-7-5-6-8-20(19)24)29-15-13-28(14-16-29)17-9-11-18(31-4)12-10-17/h5-12,21H,13-16H2,1-4H3/p+1/t21-/m1/s1. The van der Waals surface area contributed by atoms with E-state index in [0.29, 0.717) is 11.4 Å². The second-order valence-electron chi connectivity index (χ2n) is 8.92. The van der Waals surface area contributed by atoms with Crippen LogP contribution in [0.15, 0.2) is 48.5 Å². The van der Waals surface area contributed by atoms with Crippen molar-refractivity contribution in [3.05, 3.63) is 65.7 Å². The topological polar surface area (TPSA) is 60.5 Å². The summed E-state index contributed by atoms with van der Waals surface area (Å²) in [5, 5.41) is 12.5. The molecule has 1 aromatic heterocycles. The largest absolute Gasteiger partial charge is 0.497 e. The van der Waals surface area contributed by atoms with Gasteiger partial charge in [-0.15, -0.1) is 5.10 Å². The highest BCUT2D eigenvalue weighted by Crippen LogP contribution is 2.25. The van der Waals surface area contributed by atoms with Crippen LogP contribution >= 0.6 is 0 Å². The molecule has 1 fully saturated rings. The Morgan fingerprint density at radius 2 is 1.71 bits per heavy atom. The van der Waals surface area contributed by atoms with Gasteiger partial charge >= 0.3 is 0 Å². The minimum Gasteiger partial charge on any atom is -0.497 e. The number of tetrazole rings is 1. The van der Waals surface area contributed by atoms with Gasteiger partial charge in [0.15, 0.2) is 6.04 Å². The van der Waals surface area contributed by atoms with Gasteiger partial charge in [0, 0.05) is 5.69 Å². The van der Waals surface area contributed by atoms with Crippen LogP contribution in [-0.2, 0) is 5.54 Å². The molecule has 1 saturated heterocycles. The first kappa shape index (κ1) is 21.2. The van der Waals surface area contributed by atoms with E-state index >= 15 is 0 Å². The van der Waals surface area contributed by atoms with Gasteiger partial charge in [0.1, 0.15) is 11.6 Å². The van der Waals surface area contributed by atoms with E-state index in [-0.39, 0.29) is 17.4 Å². The van der Waals surface area contributed by atoms with Gasteiger partial charge in [-0.25, -0.2) is 9.07 Å². The number of nitrogens with zero attached hydrogens (tertiary/aromatic N) is 5. The number of aromatic nitrogens is 4. The second kappa shape index (κ2) is 8.63. The Balaban J connectivity index is 1.62. The fourth-order valence-electron chi connectivity index (χ4n) is 4.24. The fraction of sp³-hybridized carbons (Fsp3) is 0.435. The van der Waals surface area contributed by atoms with Crippen LogP contribution in [0.5, 0.6) is 5.75 Å².